The maximum Gasteiger partial charge on any atom is 0.187 e. The van der Waals surface area contributed by atoms with Crippen LogP contribution in [0.5, 0.6) is 0 Å². The fourth-order valence-electron chi connectivity index (χ4n) is 16.4. The van der Waals surface area contributed by atoms with E-state index in [2.05, 4.69) is 26.8 Å². The van der Waals surface area contributed by atoms with Crippen molar-refractivity contribution in [3.8, 4) is 0 Å². The Morgan fingerprint density at radius 3 is 1.69 bits per heavy atom. The lowest BCUT2D eigenvalue weighted by Gasteiger charge is -2.58. The first-order chi connectivity index (χ1) is 39.7. The Labute approximate surface area is 487 Å². The molecule has 6 heterocycles. The number of aliphatic hydroxyl groups excluding tert-OH is 15. The summed E-state index contributed by atoms with van der Waals surface area (Å²) < 4.78 is 66.4. The van der Waals surface area contributed by atoms with Gasteiger partial charge in [0.25, 0.3) is 0 Å². The summed E-state index contributed by atoms with van der Waals surface area (Å²) in [4.78, 5) is 0. The van der Waals surface area contributed by atoms with Crippen LogP contribution in [0.15, 0.2) is 11.6 Å². The molecule has 4 aliphatic carbocycles. The Morgan fingerprint density at radius 1 is 0.560 bits per heavy atom. The Morgan fingerprint density at radius 2 is 1.08 bits per heavy atom. The van der Waals surface area contributed by atoms with E-state index in [1.807, 2.05) is 6.92 Å². The summed E-state index contributed by atoms with van der Waals surface area (Å²) in [6, 6.07) is 0. The summed E-state index contributed by atoms with van der Waals surface area (Å²) in [7, 11) is 0. The smallest absolute Gasteiger partial charge is 0.187 e. The van der Waals surface area contributed by atoms with Gasteiger partial charge in [0.05, 0.1) is 50.8 Å². The van der Waals surface area contributed by atoms with Crippen LogP contribution in [0.4, 0.5) is 0 Å². The van der Waals surface area contributed by atoms with E-state index in [9.17, 15) is 81.7 Å². The van der Waals surface area contributed by atoms with Gasteiger partial charge in [-0.15, -0.1) is 0 Å². The topological polar surface area (TPSA) is 425 Å². The molecule has 0 aromatic rings. The second kappa shape index (κ2) is 25.7. The molecule has 484 valence electrons. The first-order valence-corrected chi connectivity index (χ1v) is 30.3. The monoisotopic (exact) mass is 1210 g/mol. The van der Waals surface area contributed by atoms with Gasteiger partial charge in [0, 0.05) is 12.3 Å². The molecular weight excluding hydrogens is 1120 g/mol. The molecule has 0 aromatic heterocycles. The van der Waals surface area contributed by atoms with Crippen LogP contribution in [-0.4, -0.2) is 280 Å². The number of hydrogen-bond donors (Lipinski definition) is 16. The van der Waals surface area contributed by atoms with Crippen LogP contribution in [0.3, 0.4) is 0 Å². The van der Waals surface area contributed by atoms with Crippen LogP contribution in [0.25, 0.3) is 0 Å². The molecule has 6 saturated heterocycles. The van der Waals surface area contributed by atoms with Crippen LogP contribution in [0.2, 0.25) is 0 Å². The maximum absolute atomic E-state index is 12.3. The van der Waals surface area contributed by atoms with Gasteiger partial charge in [0.2, 0.25) is 0 Å². The third-order valence-corrected chi connectivity index (χ3v) is 21.6. The summed E-state index contributed by atoms with van der Waals surface area (Å²) in [6.07, 6.45) is -31.3. The highest BCUT2D eigenvalue weighted by molar-refractivity contribution is 5.26. The first kappa shape index (κ1) is 65.6. The van der Waals surface area contributed by atoms with Crippen molar-refractivity contribution in [2.24, 2.45) is 46.3 Å². The molecule has 0 bridgehead atoms. The molecular formula is C57H94O27. The van der Waals surface area contributed by atoms with Crippen LogP contribution in [0.1, 0.15) is 99.3 Å². The zero-order valence-corrected chi connectivity index (χ0v) is 48.5. The molecule has 84 heavy (non-hydrogen) atoms. The van der Waals surface area contributed by atoms with Crippen molar-refractivity contribution in [2.75, 3.05) is 26.4 Å². The van der Waals surface area contributed by atoms with Gasteiger partial charge in [-0.25, -0.2) is 0 Å². The molecule has 16 N–H and O–H groups in total. The van der Waals surface area contributed by atoms with E-state index < -0.39 is 185 Å². The molecule has 0 unspecified atom stereocenters. The molecule has 0 amide bonds. The Bertz CT molecular complexity index is 2220. The molecule has 0 spiro atoms. The zero-order chi connectivity index (χ0) is 60.8. The number of fused-ring (bicyclic) bond motifs is 7. The maximum atomic E-state index is 12.3. The highest BCUT2D eigenvalue weighted by Gasteiger charge is 2.68. The van der Waals surface area contributed by atoms with Crippen molar-refractivity contribution in [3.05, 3.63) is 11.6 Å². The molecule has 9 fully saturated rings. The summed E-state index contributed by atoms with van der Waals surface area (Å²) in [5.74, 6) is -0.487. The molecule has 27 nitrogen and oxygen atoms in total. The van der Waals surface area contributed by atoms with Crippen LogP contribution < -0.4 is 0 Å². The lowest BCUT2D eigenvalue weighted by atomic mass is 9.47. The van der Waals surface area contributed by atoms with Gasteiger partial charge in [-0.3, -0.25) is 0 Å². The van der Waals surface area contributed by atoms with Gasteiger partial charge in [0.15, 0.2) is 37.2 Å². The van der Waals surface area contributed by atoms with Crippen LogP contribution >= 0.6 is 0 Å². The summed E-state index contributed by atoms with van der Waals surface area (Å²) in [5, 5.41) is 172. The highest BCUT2D eigenvalue weighted by atomic mass is 16.8. The highest BCUT2D eigenvalue weighted by Crippen LogP contribution is 2.70. The second-order valence-electron chi connectivity index (χ2n) is 26.6. The Hall–Kier alpha value is -1.34. The fraction of sp³-hybridized carbons (Fsp3) is 0.965. The van der Waals surface area contributed by atoms with E-state index >= 15 is 0 Å². The van der Waals surface area contributed by atoms with Crippen LogP contribution in [0, 0.1) is 46.3 Å². The molecule has 3 saturated carbocycles. The molecule has 10 aliphatic rings. The van der Waals surface area contributed by atoms with Crippen molar-refractivity contribution < 1.29 is 134 Å². The van der Waals surface area contributed by atoms with Crippen molar-refractivity contribution in [2.45, 2.75) is 271 Å². The summed E-state index contributed by atoms with van der Waals surface area (Å²) in [5.41, 5.74) is 0.921. The molecule has 36 atom stereocenters. The average molecular weight is 1210 g/mol. The van der Waals surface area contributed by atoms with Crippen molar-refractivity contribution in [3.63, 3.8) is 0 Å². The number of allylic oxidation sites excluding steroid dienone is 1. The van der Waals surface area contributed by atoms with Gasteiger partial charge in [-0.05, 0) is 106 Å². The van der Waals surface area contributed by atoms with Crippen molar-refractivity contribution in [1.82, 2.24) is 0 Å². The minimum atomic E-state index is -1.99. The SMILES string of the molecule is C[C@H](CC[C@@]1(O)O[C@H]2C[C@H]3[C@@H]4CC=C5C[C@@H](O[C@@H]6O[C@H](CO)[C@@H](O[C@@H]7O[C@H](CO)[C@@H](O[C@@H]8O[C@@H](C)[C@H](O)[C@@H](O)[C@H]8O)[C@H](O)[C@H]7O)[C@H](O)[C@H]6O[C@@H]6O[C@@H](C)[C@H](O)[C@@H](O)[C@H]6O)CC[C@]5(C)[C@H]4CC[C@]3(C)[C@H]2[C@@H]1C)CO[C@@H]1O[C@H](CO)[C@@H](O)[C@H](O)[C@H]1O. The van der Waals surface area contributed by atoms with Gasteiger partial charge < -0.3 is 134 Å². The molecule has 10 rings (SSSR count). The molecule has 6 aliphatic heterocycles. The molecule has 0 radical (unpaired) electrons. The minimum absolute atomic E-state index is 0.0981. The predicted octanol–water partition coefficient (Wildman–Crippen LogP) is -4.16. The fourth-order valence-corrected chi connectivity index (χ4v) is 16.4. The van der Waals surface area contributed by atoms with E-state index in [1.165, 1.54) is 19.4 Å². The Balaban J connectivity index is 0.791. The third kappa shape index (κ3) is 11.9. The summed E-state index contributed by atoms with van der Waals surface area (Å²) in [6.45, 7) is 9.51. The molecule has 0 aromatic carbocycles. The van der Waals surface area contributed by atoms with E-state index in [-0.39, 0.29) is 41.3 Å². The number of ether oxygens (including phenoxy) is 11. The van der Waals surface area contributed by atoms with Gasteiger partial charge >= 0.3 is 0 Å². The van der Waals surface area contributed by atoms with Crippen LogP contribution in [-0.2, 0) is 52.1 Å². The largest absolute Gasteiger partial charge is 0.394 e. The molecule has 27 heteroatoms. The lowest BCUT2D eigenvalue weighted by Crippen LogP contribution is -2.67. The summed E-state index contributed by atoms with van der Waals surface area (Å²) >= 11 is 0. The van der Waals surface area contributed by atoms with E-state index in [0.717, 1.165) is 32.1 Å². The predicted molar refractivity (Wildman–Crippen MR) is 281 cm³/mol. The van der Waals surface area contributed by atoms with Gasteiger partial charge in [-0.2, -0.15) is 0 Å². The van der Waals surface area contributed by atoms with E-state index in [0.29, 0.717) is 43.4 Å². The second-order valence-corrected chi connectivity index (χ2v) is 26.6. The normalized spacial score (nSPS) is 55.3. The van der Waals surface area contributed by atoms with Crippen molar-refractivity contribution >= 4 is 0 Å². The lowest BCUT2D eigenvalue weighted by molar-refractivity contribution is -0.395. The minimum Gasteiger partial charge on any atom is -0.394 e. The van der Waals surface area contributed by atoms with Gasteiger partial charge in [0.1, 0.15) is 110 Å². The Kier molecular flexibility index (Phi) is 20.1. The number of hydrogen-bond acceptors (Lipinski definition) is 27. The quantitative estimate of drug-likeness (QED) is 0.0615. The van der Waals surface area contributed by atoms with E-state index in [4.69, 9.17) is 52.1 Å². The van der Waals surface area contributed by atoms with Gasteiger partial charge in [-0.1, -0.05) is 39.3 Å². The third-order valence-electron chi connectivity index (χ3n) is 21.6. The zero-order valence-electron chi connectivity index (χ0n) is 48.5. The van der Waals surface area contributed by atoms with Crippen molar-refractivity contribution in [1.29, 1.82) is 0 Å². The number of aliphatic hydroxyl groups is 16. The first-order valence-electron chi connectivity index (χ1n) is 30.3. The average Bonchev–Trinajstić information content (AvgIpc) is 1.51. The standard InChI is InChI=1S/C57H94O27/c1-21(20-74-50-42(68)40(66)37(63)31(17-58)78-50)9-14-57(73)22(2)34-30(84-57)16-29-27-8-7-25-15-26(10-12-55(25,5)28(27)11-13-56(29,34)6)77-54-49(83-52-44(70)39(65)36(62)24(4)76-52)46(72)48(33(19-60)80-54)82-53-45(71)41(67)47(32(18-59)79-53)81-51-43(69)38(64)35(61)23(3)75-51/h7,21-24,26-54,58-73H,8-20H2,1-6H3/t21-,22+,23+,24+,26+,27-,28+,29+,30+,31-,32-,33-,34+,35+,36+,37-,38-,39-,40+,41-,42-,43-,44-,45-,46+,47-,48-,49-,50-,51+,52+,53+,54-,55+,56+,57-/m1/s1. The number of rotatable bonds is 17. The van der Waals surface area contributed by atoms with E-state index in [1.54, 1.807) is 0 Å².